The molecule has 4 rings (SSSR count). The predicted molar refractivity (Wildman–Crippen MR) is 89.4 cm³/mol. The second-order valence-corrected chi connectivity index (χ2v) is 6.05. The van der Waals surface area contributed by atoms with Gasteiger partial charge in [-0.15, -0.1) is 0 Å². The van der Waals surface area contributed by atoms with Crippen LogP contribution >= 0.6 is 0 Å². The van der Waals surface area contributed by atoms with Gasteiger partial charge in [-0.25, -0.2) is 4.39 Å². The summed E-state index contributed by atoms with van der Waals surface area (Å²) in [4.78, 5) is 14.4. The Morgan fingerprint density at radius 3 is 2.84 bits per heavy atom. The van der Waals surface area contributed by atoms with Crippen LogP contribution in [0.25, 0.3) is 11.0 Å². The fraction of sp³-hybridized carbons (Fsp3) is 0.263. The van der Waals surface area contributed by atoms with Gasteiger partial charge in [0, 0.05) is 11.9 Å². The minimum absolute atomic E-state index is 0.0190. The average Bonchev–Trinajstić information content (AvgIpc) is 3.05. The average molecular weight is 340 g/mol. The molecule has 1 aliphatic rings. The first-order valence-electron chi connectivity index (χ1n) is 8.19. The maximum atomic E-state index is 13.1. The molecular weight excluding hydrogens is 323 g/mol. The van der Waals surface area contributed by atoms with Crippen molar-refractivity contribution in [2.24, 2.45) is 0 Å². The number of amides is 1. The number of benzene rings is 2. The standard InChI is InChI=1S/C19H17FN2O3/c20-14-7-5-13(6-8-14)18-12-22(9-10-24-18)19(23)11-16-15-3-1-2-4-17(15)25-21-16/h1-8,18H,9-12H2/t18-/m0/s1. The lowest BCUT2D eigenvalue weighted by atomic mass is 10.1. The van der Waals surface area contributed by atoms with E-state index in [1.807, 2.05) is 24.3 Å². The largest absolute Gasteiger partial charge is 0.370 e. The molecule has 0 N–H and O–H groups in total. The molecule has 0 saturated carbocycles. The van der Waals surface area contributed by atoms with Crippen LogP contribution < -0.4 is 0 Å². The van der Waals surface area contributed by atoms with Gasteiger partial charge in [0.1, 0.15) is 17.6 Å². The Hall–Kier alpha value is -2.73. The van der Waals surface area contributed by atoms with Crippen LogP contribution in [0.4, 0.5) is 4.39 Å². The lowest BCUT2D eigenvalue weighted by molar-refractivity contribution is -0.138. The zero-order valence-electron chi connectivity index (χ0n) is 13.5. The van der Waals surface area contributed by atoms with Gasteiger partial charge in [0.15, 0.2) is 5.58 Å². The Labute approximate surface area is 144 Å². The SMILES string of the molecule is O=C(Cc1noc2ccccc12)N1CCO[C@H](c2ccc(F)cc2)C1. The summed E-state index contributed by atoms with van der Waals surface area (Å²) in [7, 11) is 0. The van der Waals surface area contributed by atoms with E-state index in [-0.39, 0.29) is 24.2 Å². The molecule has 1 amide bonds. The molecule has 1 aromatic heterocycles. The summed E-state index contributed by atoms with van der Waals surface area (Å²) in [6.45, 7) is 1.43. The second kappa shape index (κ2) is 6.64. The molecule has 25 heavy (non-hydrogen) atoms. The number of aromatic nitrogens is 1. The summed E-state index contributed by atoms with van der Waals surface area (Å²) in [6.07, 6.45) is -0.0555. The topological polar surface area (TPSA) is 55.6 Å². The van der Waals surface area contributed by atoms with Crippen molar-refractivity contribution in [3.8, 4) is 0 Å². The summed E-state index contributed by atoms with van der Waals surface area (Å²) >= 11 is 0. The summed E-state index contributed by atoms with van der Waals surface area (Å²) in [5.41, 5.74) is 2.19. The molecule has 0 aliphatic carbocycles. The number of hydrogen-bond donors (Lipinski definition) is 0. The molecular formula is C19H17FN2O3. The van der Waals surface area contributed by atoms with Crippen LogP contribution in [0.2, 0.25) is 0 Å². The van der Waals surface area contributed by atoms with Gasteiger partial charge < -0.3 is 14.2 Å². The number of halogens is 1. The lowest BCUT2D eigenvalue weighted by Crippen LogP contribution is -2.43. The van der Waals surface area contributed by atoms with E-state index < -0.39 is 0 Å². The Kier molecular flexibility index (Phi) is 4.19. The molecule has 1 fully saturated rings. The van der Waals surface area contributed by atoms with Crippen LogP contribution in [0.3, 0.4) is 0 Å². The Bertz CT molecular complexity index is 891. The van der Waals surface area contributed by atoms with Gasteiger partial charge in [0.25, 0.3) is 0 Å². The molecule has 2 aromatic carbocycles. The van der Waals surface area contributed by atoms with Gasteiger partial charge in [0.2, 0.25) is 5.91 Å². The lowest BCUT2D eigenvalue weighted by Gasteiger charge is -2.33. The molecule has 0 spiro atoms. The summed E-state index contributed by atoms with van der Waals surface area (Å²) < 4.78 is 24.1. The Morgan fingerprint density at radius 2 is 2.00 bits per heavy atom. The van der Waals surface area contributed by atoms with E-state index in [4.69, 9.17) is 9.26 Å². The normalized spacial score (nSPS) is 17.8. The van der Waals surface area contributed by atoms with Gasteiger partial charge in [-0.05, 0) is 29.8 Å². The number of para-hydroxylation sites is 1. The highest BCUT2D eigenvalue weighted by atomic mass is 19.1. The number of carbonyl (C=O) groups excluding carboxylic acids is 1. The molecule has 5 nitrogen and oxygen atoms in total. The molecule has 1 saturated heterocycles. The maximum Gasteiger partial charge on any atom is 0.228 e. The van der Waals surface area contributed by atoms with Crippen LogP contribution in [0, 0.1) is 5.82 Å². The van der Waals surface area contributed by atoms with Gasteiger partial charge in [0.05, 0.1) is 19.6 Å². The monoisotopic (exact) mass is 340 g/mol. The zero-order chi connectivity index (χ0) is 17.2. The van der Waals surface area contributed by atoms with Crippen LogP contribution in [0.15, 0.2) is 53.1 Å². The minimum atomic E-state index is -0.287. The van der Waals surface area contributed by atoms with Crippen molar-refractivity contribution < 1.29 is 18.4 Å². The maximum absolute atomic E-state index is 13.1. The summed E-state index contributed by atoms with van der Waals surface area (Å²) in [6, 6.07) is 13.7. The molecule has 0 bridgehead atoms. The summed E-state index contributed by atoms with van der Waals surface area (Å²) in [5.74, 6) is -0.306. The highest BCUT2D eigenvalue weighted by Crippen LogP contribution is 2.24. The van der Waals surface area contributed by atoms with Crippen molar-refractivity contribution in [1.29, 1.82) is 0 Å². The highest BCUT2D eigenvalue weighted by molar-refractivity contribution is 5.86. The van der Waals surface area contributed by atoms with Gasteiger partial charge in [-0.1, -0.05) is 29.4 Å². The van der Waals surface area contributed by atoms with Crippen molar-refractivity contribution in [1.82, 2.24) is 10.1 Å². The van der Waals surface area contributed by atoms with Gasteiger partial charge in [-0.3, -0.25) is 4.79 Å². The highest BCUT2D eigenvalue weighted by Gasteiger charge is 2.26. The van der Waals surface area contributed by atoms with E-state index in [0.717, 1.165) is 10.9 Å². The number of rotatable bonds is 3. The van der Waals surface area contributed by atoms with Gasteiger partial charge >= 0.3 is 0 Å². The third kappa shape index (κ3) is 3.25. The van der Waals surface area contributed by atoms with Crippen molar-refractivity contribution >= 4 is 16.9 Å². The number of fused-ring (bicyclic) bond motifs is 1. The fourth-order valence-electron chi connectivity index (χ4n) is 3.08. The van der Waals surface area contributed by atoms with E-state index in [1.165, 1.54) is 12.1 Å². The molecule has 2 heterocycles. The molecule has 1 aliphatic heterocycles. The molecule has 3 aromatic rings. The Balaban J connectivity index is 1.47. The van der Waals surface area contributed by atoms with Crippen LogP contribution in [0.1, 0.15) is 17.4 Å². The first kappa shape index (κ1) is 15.8. The van der Waals surface area contributed by atoms with E-state index in [0.29, 0.717) is 31.0 Å². The van der Waals surface area contributed by atoms with Crippen LogP contribution in [0.5, 0.6) is 0 Å². The van der Waals surface area contributed by atoms with E-state index in [1.54, 1.807) is 17.0 Å². The first-order valence-corrected chi connectivity index (χ1v) is 8.19. The minimum Gasteiger partial charge on any atom is -0.370 e. The summed E-state index contributed by atoms with van der Waals surface area (Å²) in [5, 5.41) is 4.88. The van der Waals surface area contributed by atoms with Crippen molar-refractivity contribution in [3.05, 3.63) is 65.6 Å². The number of morpholine rings is 1. The second-order valence-electron chi connectivity index (χ2n) is 6.05. The van der Waals surface area contributed by atoms with E-state index in [2.05, 4.69) is 5.16 Å². The van der Waals surface area contributed by atoms with Crippen molar-refractivity contribution in [2.75, 3.05) is 19.7 Å². The van der Waals surface area contributed by atoms with E-state index >= 15 is 0 Å². The van der Waals surface area contributed by atoms with Gasteiger partial charge in [-0.2, -0.15) is 0 Å². The number of hydrogen-bond acceptors (Lipinski definition) is 4. The van der Waals surface area contributed by atoms with Crippen molar-refractivity contribution in [3.63, 3.8) is 0 Å². The smallest absolute Gasteiger partial charge is 0.228 e. The third-order valence-electron chi connectivity index (χ3n) is 4.43. The van der Waals surface area contributed by atoms with Crippen molar-refractivity contribution in [2.45, 2.75) is 12.5 Å². The first-order chi connectivity index (χ1) is 12.2. The molecule has 6 heteroatoms. The number of carbonyl (C=O) groups is 1. The predicted octanol–water partition coefficient (Wildman–Crippen LogP) is 3.11. The fourth-order valence-corrected chi connectivity index (χ4v) is 3.08. The number of ether oxygens (including phenoxy) is 1. The zero-order valence-corrected chi connectivity index (χ0v) is 13.5. The number of nitrogens with zero attached hydrogens (tertiary/aromatic N) is 2. The molecule has 0 radical (unpaired) electrons. The van der Waals surface area contributed by atoms with E-state index in [9.17, 15) is 9.18 Å². The Morgan fingerprint density at radius 1 is 1.20 bits per heavy atom. The van der Waals surface area contributed by atoms with Crippen LogP contribution in [-0.4, -0.2) is 35.7 Å². The molecule has 128 valence electrons. The quantitative estimate of drug-likeness (QED) is 0.735. The molecule has 0 unspecified atom stereocenters. The van der Waals surface area contributed by atoms with Crippen LogP contribution in [-0.2, 0) is 16.0 Å². The third-order valence-corrected chi connectivity index (χ3v) is 4.43. The molecule has 1 atom stereocenters.